The van der Waals surface area contributed by atoms with Crippen LogP contribution >= 0.6 is 0 Å². The van der Waals surface area contributed by atoms with Gasteiger partial charge >= 0.3 is 0 Å². The fourth-order valence-electron chi connectivity index (χ4n) is 4.23. The Morgan fingerprint density at radius 2 is 1.70 bits per heavy atom. The van der Waals surface area contributed by atoms with Crippen LogP contribution in [0.2, 0.25) is 0 Å². The van der Waals surface area contributed by atoms with E-state index in [-0.39, 0.29) is 17.4 Å². The molecule has 0 fully saturated rings. The molecule has 0 saturated carbocycles. The van der Waals surface area contributed by atoms with Crippen molar-refractivity contribution in [2.45, 2.75) is 18.9 Å². The second kappa shape index (κ2) is 8.57. The van der Waals surface area contributed by atoms with E-state index in [1.165, 1.54) is 16.8 Å². The van der Waals surface area contributed by atoms with Crippen LogP contribution in [-0.2, 0) is 13.0 Å². The molecule has 5 nitrogen and oxygen atoms in total. The number of hydrogen-bond donors (Lipinski definition) is 0. The lowest BCUT2D eigenvalue weighted by Crippen LogP contribution is -2.19. The summed E-state index contributed by atoms with van der Waals surface area (Å²) >= 11 is 0. The maximum Gasteiger partial charge on any atom is 0.214 e. The highest BCUT2D eigenvalue weighted by molar-refractivity contribution is 5.60. The highest BCUT2D eigenvalue weighted by atomic mass is 16.6. The van der Waals surface area contributed by atoms with Crippen molar-refractivity contribution in [3.05, 3.63) is 105 Å². The number of nitrogens with zero attached hydrogens (tertiary/aromatic N) is 3. The van der Waals surface area contributed by atoms with Crippen LogP contribution < -0.4 is 9.80 Å². The zero-order chi connectivity index (χ0) is 21.1. The summed E-state index contributed by atoms with van der Waals surface area (Å²) in [6, 6.07) is 24.9. The van der Waals surface area contributed by atoms with Gasteiger partial charge in [-0.25, -0.2) is 0 Å². The SMILES string of the molecule is CN(C)c1ccc(C(C[N+](=O)[O-])c2ccc3c(c2)CCN3Cc2ccccc2)cc1. The largest absolute Gasteiger partial charge is 0.378 e. The molecule has 0 amide bonds. The molecule has 0 aromatic heterocycles. The van der Waals surface area contributed by atoms with Crippen molar-refractivity contribution < 1.29 is 4.92 Å². The lowest BCUT2D eigenvalue weighted by molar-refractivity contribution is -0.481. The molecule has 0 aliphatic carbocycles. The first-order chi connectivity index (χ1) is 14.5. The lowest BCUT2D eigenvalue weighted by atomic mass is 9.89. The first kappa shape index (κ1) is 20.0. The van der Waals surface area contributed by atoms with E-state index in [1.54, 1.807) is 0 Å². The van der Waals surface area contributed by atoms with Gasteiger partial charge in [0.2, 0.25) is 6.54 Å². The van der Waals surface area contributed by atoms with E-state index < -0.39 is 0 Å². The van der Waals surface area contributed by atoms with Gasteiger partial charge < -0.3 is 9.80 Å². The van der Waals surface area contributed by atoms with E-state index in [1.807, 2.05) is 49.3 Å². The summed E-state index contributed by atoms with van der Waals surface area (Å²) in [5.41, 5.74) is 6.90. The monoisotopic (exact) mass is 401 g/mol. The van der Waals surface area contributed by atoms with Crippen molar-refractivity contribution in [2.75, 3.05) is 37.0 Å². The highest BCUT2D eigenvalue weighted by Gasteiger charge is 2.25. The van der Waals surface area contributed by atoms with Crippen molar-refractivity contribution >= 4 is 11.4 Å². The Labute approximate surface area is 177 Å². The normalized spacial score (nSPS) is 13.7. The van der Waals surface area contributed by atoms with Crippen LogP contribution in [0.4, 0.5) is 11.4 Å². The number of fused-ring (bicyclic) bond motifs is 1. The fourth-order valence-corrected chi connectivity index (χ4v) is 4.23. The van der Waals surface area contributed by atoms with E-state index in [0.29, 0.717) is 0 Å². The smallest absolute Gasteiger partial charge is 0.214 e. The van der Waals surface area contributed by atoms with Crippen LogP contribution in [0.25, 0.3) is 0 Å². The van der Waals surface area contributed by atoms with Crippen molar-refractivity contribution in [1.29, 1.82) is 0 Å². The van der Waals surface area contributed by atoms with Crippen molar-refractivity contribution in [1.82, 2.24) is 0 Å². The molecule has 1 atom stereocenters. The maximum atomic E-state index is 11.4. The van der Waals surface area contributed by atoms with E-state index in [0.717, 1.165) is 36.3 Å². The molecule has 5 heteroatoms. The van der Waals surface area contributed by atoms with Gasteiger partial charge in [0, 0.05) is 43.5 Å². The summed E-state index contributed by atoms with van der Waals surface area (Å²) in [5.74, 6) is -0.246. The molecule has 1 unspecified atom stereocenters. The topological polar surface area (TPSA) is 49.6 Å². The lowest BCUT2D eigenvalue weighted by Gasteiger charge is -2.21. The number of anilines is 2. The standard InChI is InChI=1S/C25H27N3O2/c1-26(2)23-11-8-20(9-12-23)24(18-28(29)30)21-10-13-25-22(16-21)14-15-27(25)17-19-6-4-3-5-7-19/h3-13,16,24H,14-15,17-18H2,1-2H3. The van der Waals surface area contributed by atoms with Crippen LogP contribution in [0.15, 0.2) is 72.8 Å². The summed E-state index contributed by atoms with van der Waals surface area (Å²) in [6.45, 7) is 1.76. The molecule has 0 N–H and O–H groups in total. The maximum absolute atomic E-state index is 11.4. The van der Waals surface area contributed by atoms with Gasteiger partial charge in [-0.1, -0.05) is 54.6 Å². The molecule has 30 heavy (non-hydrogen) atoms. The van der Waals surface area contributed by atoms with Gasteiger partial charge in [0.25, 0.3) is 0 Å². The summed E-state index contributed by atoms with van der Waals surface area (Å²) in [7, 11) is 3.98. The fraction of sp³-hybridized carbons (Fsp3) is 0.280. The molecule has 0 spiro atoms. The molecule has 0 bridgehead atoms. The molecule has 3 aromatic rings. The number of hydrogen-bond acceptors (Lipinski definition) is 4. The highest BCUT2D eigenvalue weighted by Crippen LogP contribution is 2.34. The summed E-state index contributed by atoms with van der Waals surface area (Å²) in [6.07, 6.45) is 0.973. The number of rotatable bonds is 7. The molecule has 4 rings (SSSR count). The number of nitro groups is 1. The van der Waals surface area contributed by atoms with Gasteiger partial charge in [0.1, 0.15) is 0 Å². The number of benzene rings is 3. The van der Waals surface area contributed by atoms with E-state index in [9.17, 15) is 10.1 Å². The van der Waals surface area contributed by atoms with Gasteiger partial charge in [-0.3, -0.25) is 10.1 Å². The van der Waals surface area contributed by atoms with Crippen molar-refractivity contribution in [3.63, 3.8) is 0 Å². The van der Waals surface area contributed by atoms with Gasteiger partial charge in [-0.05, 0) is 46.9 Å². The van der Waals surface area contributed by atoms with Crippen LogP contribution in [0.3, 0.4) is 0 Å². The molecule has 0 radical (unpaired) electrons. The summed E-state index contributed by atoms with van der Waals surface area (Å²) in [5, 5.41) is 11.4. The molecule has 1 heterocycles. The molecule has 1 aliphatic heterocycles. The molecule has 0 saturated heterocycles. The molecular weight excluding hydrogens is 374 g/mol. The van der Waals surface area contributed by atoms with E-state index in [4.69, 9.17) is 0 Å². The Kier molecular flexibility index (Phi) is 5.70. The zero-order valence-corrected chi connectivity index (χ0v) is 17.5. The van der Waals surface area contributed by atoms with Gasteiger partial charge in [0.15, 0.2) is 0 Å². The Morgan fingerprint density at radius 1 is 1.00 bits per heavy atom. The van der Waals surface area contributed by atoms with E-state index in [2.05, 4.69) is 47.4 Å². The van der Waals surface area contributed by atoms with Crippen molar-refractivity contribution in [3.8, 4) is 0 Å². The van der Waals surface area contributed by atoms with Crippen LogP contribution in [0, 0.1) is 10.1 Å². The first-order valence-corrected chi connectivity index (χ1v) is 10.3. The predicted octanol–water partition coefficient (Wildman–Crippen LogP) is 4.72. The minimum Gasteiger partial charge on any atom is -0.378 e. The summed E-state index contributed by atoms with van der Waals surface area (Å²) in [4.78, 5) is 15.6. The predicted molar refractivity (Wildman–Crippen MR) is 122 cm³/mol. The Hall–Kier alpha value is -3.34. The first-order valence-electron chi connectivity index (χ1n) is 10.3. The Morgan fingerprint density at radius 3 is 2.37 bits per heavy atom. The third-order valence-corrected chi connectivity index (χ3v) is 5.86. The van der Waals surface area contributed by atoms with Gasteiger partial charge in [-0.2, -0.15) is 0 Å². The second-order valence-corrected chi connectivity index (χ2v) is 8.10. The average molecular weight is 402 g/mol. The molecule has 154 valence electrons. The van der Waals surface area contributed by atoms with Crippen LogP contribution in [-0.4, -0.2) is 32.1 Å². The quantitative estimate of drug-likeness (QED) is 0.424. The zero-order valence-electron chi connectivity index (χ0n) is 17.5. The summed E-state index contributed by atoms with van der Waals surface area (Å²) < 4.78 is 0. The molecule has 1 aliphatic rings. The minimum atomic E-state index is -0.246. The van der Waals surface area contributed by atoms with Crippen molar-refractivity contribution in [2.24, 2.45) is 0 Å². The second-order valence-electron chi connectivity index (χ2n) is 8.10. The Balaban J connectivity index is 1.60. The van der Waals surface area contributed by atoms with Crippen LogP contribution in [0.1, 0.15) is 28.2 Å². The Bertz CT molecular complexity index is 1020. The van der Waals surface area contributed by atoms with Crippen LogP contribution in [0.5, 0.6) is 0 Å². The van der Waals surface area contributed by atoms with Gasteiger partial charge in [-0.15, -0.1) is 0 Å². The van der Waals surface area contributed by atoms with E-state index >= 15 is 0 Å². The minimum absolute atomic E-state index is 0.103. The molecular formula is C25H27N3O2. The third kappa shape index (κ3) is 4.30. The molecule has 3 aromatic carbocycles. The average Bonchev–Trinajstić information content (AvgIpc) is 3.14. The third-order valence-electron chi connectivity index (χ3n) is 5.86. The van der Waals surface area contributed by atoms with Gasteiger partial charge in [0.05, 0.1) is 5.92 Å².